The molecule has 1 rings (SSSR count). The zero-order valence-corrected chi connectivity index (χ0v) is 30.5. The van der Waals surface area contributed by atoms with E-state index in [2.05, 4.69) is 93.6 Å². The van der Waals surface area contributed by atoms with Crippen LogP contribution in [0.3, 0.4) is 0 Å². The zero-order valence-electron chi connectivity index (χ0n) is 30.5. The molecule has 0 aromatic heterocycles. The van der Waals surface area contributed by atoms with Crippen LogP contribution in [-0.4, -0.2) is 44.0 Å². The maximum absolute atomic E-state index is 6.66. The fourth-order valence-electron chi connectivity index (χ4n) is 5.95. The fraction of sp³-hybridized carbons (Fsp3) is 0.762. The largest absolute Gasteiger partial charge is 0.347 e. The van der Waals surface area contributed by atoms with Gasteiger partial charge in [0.2, 0.25) is 0 Å². The molecule has 3 heteroatoms. The van der Waals surface area contributed by atoms with E-state index in [-0.39, 0.29) is 11.9 Å². The number of hydrogen-bond donors (Lipinski definition) is 0. The van der Waals surface area contributed by atoms with E-state index in [0.29, 0.717) is 0 Å². The Morgan fingerprint density at radius 3 is 1.58 bits per heavy atom. The lowest BCUT2D eigenvalue weighted by molar-refractivity contribution is -0.180. The minimum atomic E-state index is -0.331. The number of nitrogens with zero attached hydrogens (tertiary/aromatic N) is 1. The van der Waals surface area contributed by atoms with Crippen LogP contribution in [0.4, 0.5) is 0 Å². The summed E-state index contributed by atoms with van der Waals surface area (Å²) in [4.78, 5) is 2.25. The molecular weight excluding hydrogens is 550 g/mol. The van der Waals surface area contributed by atoms with Crippen molar-refractivity contribution in [3.05, 3.63) is 60.8 Å². The van der Waals surface area contributed by atoms with Crippen molar-refractivity contribution in [1.82, 2.24) is 4.90 Å². The summed E-state index contributed by atoms with van der Waals surface area (Å²) in [5, 5.41) is 0. The third kappa shape index (κ3) is 26.4. The van der Waals surface area contributed by atoms with Crippen LogP contribution in [0.1, 0.15) is 168 Å². The Morgan fingerprint density at radius 1 is 0.556 bits per heavy atom. The Balaban J connectivity index is 2.18. The van der Waals surface area contributed by atoms with Crippen LogP contribution in [0.5, 0.6) is 0 Å². The third-order valence-electron chi connectivity index (χ3n) is 8.78. The van der Waals surface area contributed by atoms with Crippen molar-refractivity contribution in [1.29, 1.82) is 0 Å². The van der Waals surface area contributed by atoms with Crippen molar-refractivity contribution in [2.24, 2.45) is 0 Å². The third-order valence-corrected chi connectivity index (χ3v) is 8.78. The first-order chi connectivity index (χ1) is 22.1. The van der Waals surface area contributed by atoms with Crippen LogP contribution >= 0.6 is 0 Å². The molecule has 0 spiro atoms. The van der Waals surface area contributed by atoms with Crippen molar-refractivity contribution >= 4 is 0 Å². The zero-order chi connectivity index (χ0) is 32.5. The molecule has 0 aromatic carbocycles. The van der Waals surface area contributed by atoms with E-state index < -0.39 is 0 Å². The first-order valence-corrected chi connectivity index (χ1v) is 19.4. The highest BCUT2D eigenvalue weighted by Crippen LogP contribution is 2.35. The van der Waals surface area contributed by atoms with E-state index in [0.717, 1.165) is 38.8 Å². The molecule has 3 nitrogen and oxygen atoms in total. The molecule has 0 radical (unpaired) electrons. The van der Waals surface area contributed by atoms with Gasteiger partial charge >= 0.3 is 0 Å². The van der Waals surface area contributed by atoms with Gasteiger partial charge in [-0.25, -0.2) is 0 Å². The molecule has 1 unspecified atom stereocenters. The quantitative estimate of drug-likeness (QED) is 0.0434. The second kappa shape index (κ2) is 31.2. The van der Waals surface area contributed by atoms with E-state index in [1.807, 2.05) is 0 Å². The predicted octanol–water partition coefficient (Wildman–Crippen LogP) is 12.8. The molecule has 1 heterocycles. The summed E-state index contributed by atoms with van der Waals surface area (Å²) in [6.45, 7) is 6.25. The number of rotatable bonds is 31. The van der Waals surface area contributed by atoms with Crippen LogP contribution in [0, 0.1) is 0 Å². The fourth-order valence-corrected chi connectivity index (χ4v) is 5.95. The molecule has 45 heavy (non-hydrogen) atoms. The minimum absolute atomic E-state index is 0.253. The lowest BCUT2D eigenvalue weighted by Crippen LogP contribution is -2.31. The van der Waals surface area contributed by atoms with Crippen LogP contribution in [0.15, 0.2) is 60.8 Å². The average Bonchev–Trinajstić information content (AvgIpc) is 3.44. The molecule has 0 aromatic rings. The van der Waals surface area contributed by atoms with Crippen molar-refractivity contribution in [2.75, 3.05) is 27.2 Å². The van der Waals surface area contributed by atoms with E-state index in [1.165, 1.54) is 128 Å². The average molecular weight is 626 g/mol. The van der Waals surface area contributed by atoms with Gasteiger partial charge in [-0.3, -0.25) is 0 Å². The summed E-state index contributed by atoms with van der Waals surface area (Å²) < 4.78 is 13.1. The van der Waals surface area contributed by atoms with E-state index >= 15 is 0 Å². The molecule has 0 bridgehead atoms. The highest BCUT2D eigenvalue weighted by molar-refractivity contribution is 5.02. The monoisotopic (exact) mass is 626 g/mol. The molecule has 0 amide bonds. The molecule has 1 fully saturated rings. The summed E-state index contributed by atoms with van der Waals surface area (Å²) >= 11 is 0. The summed E-state index contributed by atoms with van der Waals surface area (Å²) in [5.74, 6) is -0.331. The predicted molar refractivity (Wildman–Crippen MR) is 200 cm³/mol. The first kappa shape index (κ1) is 41.6. The van der Waals surface area contributed by atoms with Gasteiger partial charge in [-0.15, -0.1) is 0 Å². The molecule has 1 aliphatic heterocycles. The van der Waals surface area contributed by atoms with Gasteiger partial charge in [-0.2, -0.15) is 0 Å². The highest BCUT2D eigenvalue weighted by atomic mass is 16.7. The minimum Gasteiger partial charge on any atom is -0.347 e. The van der Waals surface area contributed by atoms with Gasteiger partial charge in [-0.1, -0.05) is 139 Å². The van der Waals surface area contributed by atoms with Gasteiger partial charge < -0.3 is 14.4 Å². The van der Waals surface area contributed by atoms with E-state index in [1.54, 1.807) is 0 Å². The number of hydrogen-bond acceptors (Lipinski definition) is 3. The van der Waals surface area contributed by atoms with Gasteiger partial charge in [-0.05, 0) is 91.1 Å². The van der Waals surface area contributed by atoms with Gasteiger partial charge in [0.25, 0.3) is 0 Å². The highest BCUT2D eigenvalue weighted by Gasteiger charge is 2.40. The molecule has 0 aliphatic carbocycles. The Bertz CT molecular complexity index is 780. The second-order valence-electron chi connectivity index (χ2n) is 13.5. The number of allylic oxidation sites excluding steroid dienone is 10. The standard InChI is InChI=1S/C42H75NO2/c1-5-7-9-11-13-15-17-19-21-23-25-27-29-31-33-35-38-42(44-40-41(45-42)36-39-43(3)4)37-34-32-30-28-26-24-22-20-18-16-14-12-10-8-6-2/h7,9-13,20,22,24,26,41H,5-6,8,14-19,21,23,25,27-40H2,1-4H3/b9-7-,12-10+,13-11+,22-20+,26-24-/t41?,42-/m0/s1. The topological polar surface area (TPSA) is 21.7 Å². The van der Waals surface area contributed by atoms with Crippen molar-refractivity contribution in [3.63, 3.8) is 0 Å². The van der Waals surface area contributed by atoms with Crippen LogP contribution in [0.2, 0.25) is 0 Å². The lowest BCUT2D eigenvalue weighted by Gasteiger charge is -2.28. The lowest BCUT2D eigenvalue weighted by atomic mass is 9.99. The normalized spacial score (nSPS) is 19.4. The van der Waals surface area contributed by atoms with E-state index in [9.17, 15) is 0 Å². The summed E-state index contributed by atoms with van der Waals surface area (Å²) in [7, 11) is 4.29. The smallest absolute Gasteiger partial charge is 0.168 e. The van der Waals surface area contributed by atoms with Gasteiger partial charge in [0.1, 0.15) is 0 Å². The second-order valence-corrected chi connectivity index (χ2v) is 13.5. The van der Waals surface area contributed by atoms with Crippen LogP contribution in [-0.2, 0) is 9.47 Å². The van der Waals surface area contributed by atoms with Gasteiger partial charge in [0.05, 0.1) is 12.7 Å². The Morgan fingerprint density at radius 2 is 1.02 bits per heavy atom. The van der Waals surface area contributed by atoms with Crippen molar-refractivity contribution < 1.29 is 9.47 Å². The maximum atomic E-state index is 6.66. The van der Waals surface area contributed by atoms with Crippen molar-refractivity contribution in [2.45, 2.75) is 180 Å². The molecule has 0 N–H and O–H groups in total. The molecule has 0 saturated carbocycles. The Hall–Kier alpha value is -1.42. The molecule has 2 atom stereocenters. The Kier molecular flexibility index (Phi) is 28.8. The maximum Gasteiger partial charge on any atom is 0.168 e. The molecule has 260 valence electrons. The van der Waals surface area contributed by atoms with Crippen molar-refractivity contribution in [3.8, 4) is 0 Å². The molecule has 1 saturated heterocycles. The Labute approximate surface area is 281 Å². The SMILES string of the molecule is CC/C=C\C=C\CCCCCCCCCCCC[C@@]1(CCCCC/C=C\C=C\CCC/C=C/CCC)OCC(CCN(C)C)O1. The molecule has 1 aliphatic rings. The van der Waals surface area contributed by atoms with Gasteiger partial charge in [0.15, 0.2) is 5.79 Å². The first-order valence-electron chi connectivity index (χ1n) is 19.4. The van der Waals surface area contributed by atoms with Crippen LogP contribution < -0.4 is 0 Å². The molecular formula is C42H75NO2. The van der Waals surface area contributed by atoms with Gasteiger partial charge in [0, 0.05) is 19.4 Å². The van der Waals surface area contributed by atoms with Crippen LogP contribution in [0.25, 0.3) is 0 Å². The summed E-state index contributed by atoms with van der Waals surface area (Å²) in [6, 6.07) is 0. The summed E-state index contributed by atoms with van der Waals surface area (Å²) in [6.07, 6.45) is 53.0. The number of unbranched alkanes of at least 4 members (excludes halogenated alkanes) is 16. The number of ether oxygens (including phenoxy) is 2. The summed E-state index contributed by atoms with van der Waals surface area (Å²) in [5.41, 5.74) is 0. The van der Waals surface area contributed by atoms with E-state index in [4.69, 9.17) is 9.47 Å².